The van der Waals surface area contributed by atoms with Crippen molar-refractivity contribution < 1.29 is 17.2 Å². The maximum absolute atomic E-state index is 13.3. The van der Waals surface area contributed by atoms with Crippen molar-refractivity contribution in [1.29, 1.82) is 0 Å². The summed E-state index contributed by atoms with van der Waals surface area (Å²) in [5, 5.41) is 0. The summed E-state index contributed by atoms with van der Waals surface area (Å²) in [6.07, 6.45) is 3.97. The van der Waals surface area contributed by atoms with Crippen LogP contribution in [0.2, 0.25) is 0 Å². The van der Waals surface area contributed by atoms with Crippen molar-refractivity contribution in [3.8, 4) is 0 Å². The second-order valence-corrected chi connectivity index (χ2v) is 9.00. The first-order valence-electron chi connectivity index (χ1n) is 9.32. The van der Waals surface area contributed by atoms with Gasteiger partial charge in [0.15, 0.2) is 11.6 Å². The molecular weight excluding hydrogens is 386 g/mol. The van der Waals surface area contributed by atoms with Crippen LogP contribution < -0.4 is 9.62 Å². The van der Waals surface area contributed by atoms with Crippen LogP contribution in [0.25, 0.3) is 0 Å². The largest absolute Gasteiger partial charge is 0.354 e. The number of nitrogens with zero attached hydrogens (tertiary/aromatic N) is 3. The number of aromatic nitrogens is 1. The number of hydrogen-bond acceptors (Lipinski definition) is 5. The molecule has 1 aliphatic heterocycles. The van der Waals surface area contributed by atoms with E-state index >= 15 is 0 Å². The van der Waals surface area contributed by atoms with E-state index in [9.17, 15) is 17.2 Å². The van der Waals surface area contributed by atoms with E-state index in [-0.39, 0.29) is 10.6 Å². The molecule has 2 fully saturated rings. The molecule has 4 rings (SSSR count). The normalized spacial score (nSPS) is 18.3. The van der Waals surface area contributed by atoms with Crippen LogP contribution in [0.15, 0.2) is 41.4 Å². The zero-order valence-electron chi connectivity index (χ0n) is 15.3. The lowest BCUT2D eigenvalue weighted by Crippen LogP contribution is -2.47. The first-order chi connectivity index (χ1) is 13.4. The van der Waals surface area contributed by atoms with E-state index in [2.05, 4.69) is 19.5 Å². The molecule has 1 aromatic heterocycles. The molecule has 0 spiro atoms. The van der Waals surface area contributed by atoms with Gasteiger partial charge in [-0.2, -0.15) is 0 Å². The lowest BCUT2D eigenvalue weighted by Gasteiger charge is -2.35. The molecule has 28 heavy (non-hydrogen) atoms. The highest BCUT2D eigenvalue weighted by molar-refractivity contribution is 7.92. The third-order valence-corrected chi connectivity index (χ3v) is 6.48. The van der Waals surface area contributed by atoms with Crippen LogP contribution in [-0.4, -0.2) is 51.0 Å². The third kappa shape index (κ3) is 4.41. The molecule has 1 saturated heterocycles. The van der Waals surface area contributed by atoms with Crippen LogP contribution in [0.3, 0.4) is 0 Å². The van der Waals surface area contributed by atoms with Gasteiger partial charge in [-0.1, -0.05) is 0 Å². The van der Waals surface area contributed by atoms with Gasteiger partial charge in [0.2, 0.25) is 0 Å². The van der Waals surface area contributed by atoms with Gasteiger partial charge in [-0.15, -0.1) is 0 Å². The predicted molar refractivity (Wildman–Crippen MR) is 103 cm³/mol. The molecule has 1 N–H and O–H groups in total. The van der Waals surface area contributed by atoms with E-state index in [0.717, 1.165) is 50.0 Å². The first kappa shape index (κ1) is 19.1. The quantitative estimate of drug-likeness (QED) is 0.796. The highest BCUT2D eigenvalue weighted by Crippen LogP contribution is 2.30. The number of piperazine rings is 1. The van der Waals surface area contributed by atoms with Crippen molar-refractivity contribution in [3.63, 3.8) is 0 Å². The first-order valence-corrected chi connectivity index (χ1v) is 10.8. The second kappa shape index (κ2) is 7.63. The highest BCUT2D eigenvalue weighted by atomic mass is 32.2. The van der Waals surface area contributed by atoms with Crippen molar-refractivity contribution in [1.82, 2.24) is 9.88 Å². The summed E-state index contributed by atoms with van der Waals surface area (Å²) in [4.78, 5) is 8.87. The van der Waals surface area contributed by atoms with Crippen molar-refractivity contribution in [2.24, 2.45) is 5.92 Å². The molecule has 2 aromatic rings. The molecule has 0 unspecified atom stereocenters. The molecule has 1 aromatic carbocycles. The predicted octanol–water partition coefficient (Wildman–Crippen LogP) is 2.69. The standard InChI is InChI=1S/C19H22F2N4O2S/c20-17-5-3-15(11-18(17)21)23-28(26,27)16-4-6-19(22-12-16)25-9-7-24(8-10-25)13-14-1-2-14/h3-6,11-12,14,23H,1-2,7-10,13H2. The molecule has 150 valence electrons. The van der Waals surface area contributed by atoms with E-state index in [1.165, 1.54) is 37.7 Å². The summed E-state index contributed by atoms with van der Waals surface area (Å²) in [5.74, 6) is -0.546. The monoisotopic (exact) mass is 408 g/mol. The van der Waals surface area contributed by atoms with Gasteiger partial charge >= 0.3 is 0 Å². The maximum Gasteiger partial charge on any atom is 0.263 e. The van der Waals surface area contributed by atoms with Crippen molar-refractivity contribution >= 4 is 21.5 Å². The molecule has 0 amide bonds. The van der Waals surface area contributed by atoms with Crippen molar-refractivity contribution in [3.05, 3.63) is 48.2 Å². The summed E-state index contributed by atoms with van der Waals surface area (Å²) in [6, 6.07) is 5.99. The molecule has 6 nitrogen and oxygen atoms in total. The summed E-state index contributed by atoms with van der Waals surface area (Å²) < 4.78 is 53.4. The fraction of sp³-hybridized carbons (Fsp3) is 0.421. The Morgan fingerprint density at radius 2 is 1.79 bits per heavy atom. The van der Waals surface area contributed by atoms with E-state index < -0.39 is 21.7 Å². The minimum atomic E-state index is -3.93. The van der Waals surface area contributed by atoms with Gasteiger partial charge in [-0.3, -0.25) is 9.62 Å². The molecule has 2 heterocycles. The average Bonchev–Trinajstić information content (AvgIpc) is 3.49. The third-order valence-electron chi connectivity index (χ3n) is 5.11. The molecule has 0 radical (unpaired) electrons. The number of halogens is 2. The van der Waals surface area contributed by atoms with Gasteiger partial charge in [0, 0.05) is 45.0 Å². The fourth-order valence-corrected chi connectivity index (χ4v) is 4.31. The summed E-state index contributed by atoms with van der Waals surface area (Å²) in [5.41, 5.74) is -0.0465. The molecule has 9 heteroatoms. The number of nitrogens with one attached hydrogen (secondary N) is 1. The molecule has 1 saturated carbocycles. The highest BCUT2D eigenvalue weighted by Gasteiger charge is 2.26. The Kier molecular flexibility index (Phi) is 5.20. The lowest BCUT2D eigenvalue weighted by atomic mass is 10.2. The molecule has 0 bridgehead atoms. The lowest BCUT2D eigenvalue weighted by molar-refractivity contribution is 0.247. The maximum atomic E-state index is 13.3. The van der Waals surface area contributed by atoms with Gasteiger partial charge in [-0.05, 0) is 43.0 Å². The van der Waals surface area contributed by atoms with Gasteiger partial charge in [0.1, 0.15) is 10.7 Å². The van der Waals surface area contributed by atoms with Crippen LogP contribution in [0, 0.1) is 17.6 Å². The zero-order chi connectivity index (χ0) is 19.7. The molecule has 1 aliphatic carbocycles. The number of hydrogen-bond donors (Lipinski definition) is 1. The number of anilines is 2. The Balaban J connectivity index is 1.40. The number of rotatable bonds is 6. The summed E-state index contributed by atoms with van der Waals surface area (Å²) in [7, 11) is -3.93. The van der Waals surface area contributed by atoms with Crippen molar-refractivity contribution in [2.45, 2.75) is 17.7 Å². The Morgan fingerprint density at radius 3 is 2.39 bits per heavy atom. The van der Waals surface area contributed by atoms with Gasteiger partial charge in [0.05, 0.1) is 5.69 Å². The Labute approximate surface area is 163 Å². The minimum absolute atomic E-state index is 0.0339. The minimum Gasteiger partial charge on any atom is -0.354 e. The Morgan fingerprint density at radius 1 is 1.04 bits per heavy atom. The smallest absolute Gasteiger partial charge is 0.263 e. The summed E-state index contributed by atoms with van der Waals surface area (Å²) >= 11 is 0. The van der Waals surface area contributed by atoms with Crippen LogP contribution in [0.1, 0.15) is 12.8 Å². The molecule has 0 atom stereocenters. The number of sulfonamides is 1. The summed E-state index contributed by atoms with van der Waals surface area (Å²) in [6.45, 7) is 4.86. The second-order valence-electron chi connectivity index (χ2n) is 7.32. The Bertz CT molecular complexity index is 941. The van der Waals surface area contributed by atoms with E-state index in [1.54, 1.807) is 6.07 Å². The molecular formula is C19H22F2N4O2S. The zero-order valence-corrected chi connectivity index (χ0v) is 16.1. The van der Waals surface area contributed by atoms with Gasteiger partial charge in [-0.25, -0.2) is 22.2 Å². The topological polar surface area (TPSA) is 65.5 Å². The molecule has 2 aliphatic rings. The van der Waals surface area contributed by atoms with E-state index in [1.807, 2.05) is 0 Å². The average molecular weight is 408 g/mol. The van der Waals surface area contributed by atoms with Gasteiger partial charge < -0.3 is 4.90 Å². The van der Waals surface area contributed by atoms with Crippen LogP contribution in [0.4, 0.5) is 20.3 Å². The van der Waals surface area contributed by atoms with E-state index in [0.29, 0.717) is 0 Å². The fourth-order valence-electron chi connectivity index (χ4n) is 3.32. The van der Waals surface area contributed by atoms with Crippen LogP contribution in [-0.2, 0) is 10.0 Å². The van der Waals surface area contributed by atoms with Crippen molar-refractivity contribution in [2.75, 3.05) is 42.3 Å². The SMILES string of the molecule is O=S(=O)(Nc1ccc(F)c(F)c1)c1ccc(N2CCN(CC3CC3)CC2)nc1. The number of pyridine rings is 1. The van der Waals surface area contributed by atoms with Crippen LogP contribution >= 0.6 is 0 Å². The Hall–Kier alpha value is -2.26. The van der Waals surface area contributed by atoms with Crippen LogP contribution in [0.5, 0.6) is 0 Å². The van der Waals surface area contributed by atoms with E-state index in [4.69, 9.17) is 0 Å². The number of benzene rings is 1. The van der Waals surface area contributed by atoms with Gasteiger partial charge in [0.25, 0.3) is 10.0 Å².